The molecule has 1 aromatic heterocycles. The van der Waals surface area contributed by atoms with Gasteiger partial charge in [0.25, 0.3) is 0 Å². The fourth-order valence-corrected chi connectivity index (χ4v) is 3.20. The molecule has 0 bridgehead atoms. The predicted molar refractivity (Wildman–Crippen MR) is 82.7 cm³/mol. The van der Waals surface area contributed by atoms with E-state index < -0.39 is 9.84 Å². The van der Waals surface area contributed by atoms with Crippen LogP contribution in [0.1, 0.15) is 12.8 Å². The number of aromatic nitrogens is 2. The maximum atomic E-state index is 12.0. The molecule has 3 N–H and O–H groups in total. The Morgan fingerprint density at radius 3 is 2.71 bits per heavy atom. The number of nitrogen functional groups attached to an aromatic ring is 1. The summed E-state index contributed by atoms with van der Waals surface area (Å²) in [6.45, 7) is 0. The minimum absolute atomic E-state index is 0.0365. The Morgan fingerprint density at radius 1 is 1.43 bits per heavy atom. The van der Waals surface area contributed by atoms with E-state index in [-0.39, 0.29) is 16.8 Å². The van der Waals surface area contributed by atoms with Crippen LogP contribution in [0, 0.1) is 0 Å². The van der Waals surface area contributed by atoms with Crippen molar-refractivity contribution in [2.24, 2.45) is 0 Å². The van der Waals surface area contributed by atoms with Crippen LogP contribution in [0.25, 0.3) is 5.69 Å². The second-order valence-corrected chi connectivity index (χ2v) is 7.53. The van der Waals surface area contributed by atoms with Gasteiger partial charge in [-0.05, 0) is 31.0 Å². The first-order valence-corrected chi connectivity index (χ1v) is 8.74. The number of sulfone groups is 1. The Bertz CT molecular complexity index is 796. The smallest absolute Gasteiger partial charge is 0.182 e. The number of anilines is 2. The van der Waals surface area contributed by atoms with Crippen LogP contribution in [-0.4, -0.2) is 30.5 Å². The predicted octanol–water partition coefficient (Wildman–Crippen LogP) is 2.09. The van der Waals surface area contributed by atoms with Gasteiger partial charge in [0.2, 0.25) is 0 Å². The van der Waals surface area contributed by atoms with Crippen molar-refractivity contribution in [1.29, 1.82) is 0 Å². The number of nitrogens with two attached hydrogens (primary N) is 1. The van der Waals surface area contributed by atoms with Crippen LogP contribution < -0.4 is 11.1 Å². The first kappa shape index (κ1) is 14.2. The van der Waals surface area contributed by atoms with Crippen molar-refractivity contribution in [3.05, 3.63) is 29.3 Å². The zero-order valence-electron chi connectivity index (χ0n) is 11.4. The van der Waals surface area contributed by atoms with Gasteiger partial charge < -0.3 is 11.1 Å². The molecule has 112 valence electrons. The summed E-state index contributed by atoms with van der Waals surface area (Å²) in [5, 5.41) is 7.95. The van der Waals surface area contributed by atoms with Gasteiger partial charge in [0.05, 0.1) is 5.69 Å². The maximum absolute atomic E-state index is 12.0. The molecule has 21 heavy (non-hydrogen) atoms. The summed E-state index contributed by atoms with van der Waals surface area (Å²) >= 11 is 5.96. The van der Waals surface area contributed by atoms with Crippen LogP contribution >= 0.6 is 11.6 Å². The molecule has 1 heterocycles. The molecule has 0 radical (unpaired) electrons. The summed E-state index contributed by atoms with van der Waals surface area (Å²) in [6, 6.07) is 7.20. The zero-order chi connectivity index (χ0) is 15.2. The number of nitrogens with one attached hydrogen (secondary N) is 1. The molecule has 0 amide bonds. The molecule has 0 saturated heterocycles. The van der Waals surface area contributed by atoms with Gasteiger partial charge in [-0.25, -0.2) is 13.1 Å². The van der Waals surface area contributed by atoms with Crippen molar-refractivity contribution in [3.8, 4) is 5.69 Å². The number of benzene rings is 1. The van der Waals surface area contributed by atoms with Gasteiger partial charge in [-0.1, -0.05) is 17.7 Å². The van der Waals surface area contributed by atoms with Crippen LogP contribution in [-0.2, 0) is 9.84 Å². The average molecular weight is 327 g/mol. The fourth-order valence-electron chi connectivity index (χ4n) is 2.10. The van der Waals surface area contributed by atoms with Crippen LogP contribution in [0.2, 0.25) is 5.02 Å². The van der Waals surface area contributed by atoms with Crippen molar-refractivity contribution in [1.82, 2.24) is 9.78 Å². The van der Waals surface area contributed by atoms with Gasteiger partial charge >= 0.3 is 0 Å². The van der Waals surface area contributed by atoms with E-state index in [4.69, 9.17) is 17.3 Å². The van der Waals surface area contributed by atoms with Crippen molar-refractivity contribution in [2.45, 2.75) is 23.8 Å². The van der Waals surface area contributed by atoms with E-state index in [0.29, 0.717) is 16.5 Å². The first-order chi connectivity index (χ1) is 9.86. The van der Waals surface area contributed by atoms with Crippen molar-refractivity contribution in [3.63, 3.8) is 0 Å². The number of hydrogen-bond donors (Lipinski definition) is 2. The third-order valence-electron chi connectivity index (χ3n) is 3.22. The molecule has 1 aliphatic carbocycles. The number of hydrogen-bond acceptors (Lipinski definition) is 5. The van der Waals surface area contributed by atoms with Crippen molar-refractivity contribution < 1.29 is 8.42 Å². The highest BCUT2D eigenvalue weighted by Gasteiger charge is 2.29. The molecule has 1 aliphatic rings. The monoisotopic (exact) mass is 326 g/mol. The topological polar surface area (TPSA) is 90.0 Å². The molecule has 2 aromatic rings. The van der Waals surface area contributed by atoms with E-state index in [1.165, 1.54) is 4.68 Å². The first-order valence-electron chi connectivity index (χ1n) is 6.47. The molecule has 6 nitrogen and oxygen atoms in total. The van der Waals surface area contributed by atoms with E-state index in [2.05, 4.69) is 10.4 Å². The fraction of sp³-hybridized carbons (Fsp3) is 0.308. The van der Waals surface area contributed by atoms with Crippen LogP contribution in [0.5, 0.6) is 0 Å². The lowest BCUT2D eigenvalue weighted by Gasteiger charge is -2.04. The molecule has 0 unspecified atom stereocenters. The Balaban J connectivity index is 2.15. The van der Waals surface area contributed by atoms with Crippen molar-refractivity contribution in [2.75, 3.05) is 17.3 Å². The third-order valence-corrected chi connectivity index (χ3v) is 4.60. The van der Waals surface area contributed by atoms with Crippen LogP contribution in [0.4, 0.5) is 11.6 Å². The maximum Gasteiger partial charge on any atom is 0.182 e. The lowest BCUT2D eigenvalue weighted by atomic mass is 10.3. The molecule has 3 rings (SSSR count). The lowest BCUT2D eigenvalue weighted by Crippen LogP contribution is -2.07. The molecule has 1 aromatic carbocycles. The quantitative estimate of drug-likeness (QED) is 0.897. The van der Waals surface area contributed by atoms with Gasteiger partial charge in [-0.15, -0.1) is 5.10 Å². The Hall–Kier alpha value is -1.73. The molecule has 0 atom stereocenters. The van der Waals surface area contributed by atoms with Gasteiger partial charge in [-0.2, -0.15) is 0 Å². The summed E-state index contributed by atoms with van der Waals surface area (Å²) in [6.07, 6.45) is 3.14. The second kappa shape index (κ2) is 4.92. The van der Waals surface area contributed by atoms with E-state index in [0.717, 1.165) is 19.1 Å². The standard InChI is InChI=1S/C13H15ClN4O2S/c1-21(19,20)11-12(15)18(10-4-2-3-8(14)7-10)17-13(11)16-9-5-6-9/h2-4,7,9H,5-6,15H2,1H3,(H,16,17). The van der Waals surface area contributed by atoms with E-state index in [1.807, 2.05) is 0 Å². The molecule has 0 aliphatic heterocycles. The minimum atomic E-state index is -3.48. The Kier molecular flexibility index (Phi) is 3.33. The summed E-state index contributed by atoms with van der Waals surface area (Å²) < 4.78 is 25.4. The Labute approximate surface area is 127 Å². The highest BCUT2D eigenvalue weighted by molar-refractivity contribution is 7.91. The summed E-state index contributed by atoms with van der Waals surface area (Å²) in [4.78, 5) is 0.0365. The molecule has 1 fully saturated rings. The van der Waals surface area contributed by atoms with Crippen molar-refractivity contribution >= 4 is 33.1 Å². The highest BCUT2D eigenvalue weighted by atomic mass is 35.5. The van der Waals surface area contributed by atoms with Gasteiger partial charge in [0.15, 0.2) is 20.6 Å². The molecular weight excluding hydrogens is 312 g/mol. The van der Waals surface area contributed by atoms with E-state index in [1.54, 1.807) is 24.3 Å². The van der Waals surface area contributed by atoms with Crippen LogP contribution in [0.15, 0.2) is 29.2 Å². The largest absolute Gasteiger partial charge is 0.382 e. The Morgan fingerprint density at radius 2 is 2.14 bits per heavy atom. The summed E-state index contributed by atoms with van der Waals surface area (Å²) in [5.74, 6) is 0.389. The van der Waals surface area contributed by atoms with Crippen LogP contribution in [0.3, 0.4) is 0 Å². The molecule has 0 spiro atoms. The summed E-state index contributed by atoms with van der Waals surface area (Å²) in [5.41, 5.74) is 6.63. The van der Waals surface area contributed by atoms with E-state index in [9.17, 15) is 8.42 Å². The summed E-state index contributed by atoms with van der Waals surface area (Å²) in [7, 11) is -3.48. The number of rotatable bonds is 4. The molecule has 8 heteroatoms. The van der Waals surface area contributed by atoms with Gasteiger partial charge in [0.1, 0.15) is 5.82 Å². The van der Waals surface area contributed by atoms with Gasteiger partial charge in [0, 0.05) is 17.3 Å². The number of halogens is 1. The normalized spacial score (nSPS) is 15.1. The number of nitrogens with zero attached hydrogens (tertiary/aromatic N) is 2. The molecule has 1 saturated carbocycles. The average Bonchev–Trinajstić information content (AvgIpc) is 3.11. The SMILES string of the molecule is CS(=O)(=O)c1c(NC2CC2)nn(-c2cccc(Cl)c2)c1N. The highest BCUT2D eigenvalue weighted by Crippen LogP contribution is 2.33. The zero-order valence-corrected chi connectivity index (χ0v) is 12.9. The third kappa shape index (κ3) is 2.84. The van der Waals surface area contributed by atoms with E-state index >= 15 is 0 Å². The molecular formula is C13H15ClN4O2S. The lowest BCUT2D eigenvalue weighted by molar-refractivity contribution is 0.602. The second-order valence-electron chi connectivity index (χ2n) is 5.15. The van der Waals surface area contributed by atoms with Gasteiger partial charge in [-0.3, -0.25) is 0 Å². The minimum Gasteiger partial charge on any atom is -0.382 e.